The van der Waals surface area contributed by atoms with Gasteiger partial charge in [0.1, 0.15) is 0 Å². The van der Waals surface area contributed by atoms with Gasteiger partial charge in [0.25, 0.3) is 0 Å². The highest BCUT2D eigenvalue weighted by Gasteiger charge is 1.96. The van der Waals surface area contributed by atoms with Crippen LogP contribution in [0.5, 0.6) is 0 Å². The fraction of sp³-hybridized carbons (Fsp3) is 0.111. The van der Waals surface area contributed by atoms with E-state index in [1.165, 1.54) is 0 Å². The van der Waals surface area contributed by atoms with E-state index in [4.69, 9.17) is 11.5 Å². The molecule has 0 radical (unpaired) electrons. The highest BCUT2D eigenvalue weighted by atomic mass is 14.6. The first-order valence-corrected chi connectivity index (χ1v) is 3.52. The maximum absolute atomic E-state index is 5.68. The minimum absolute atomic E-state index is 0.725. The number of hydrogen-bond donors (Lipinski definition) is 2. The van der Waals surface area contributed by atoms with E-state index in [1.54, 1.807) is 0 Å². The van der Waals surface area contributed by atoms with Crippen LogP contribution in [0.1, 0.15) is 12.5 Å². The van der Waals surface area contributed by atoms with E-state index in [1.807, 2.05) is 37.3 Å². The lowest BCUT2D eigenvalue weighted by Gasteiger charge is -2.02. The number of allylic oxidation sites excluding steroid dienone is 1. The SMILES string of the molecule is CC=Cc1c(N)cccc1N. The molecule has 0 aliphatic rings. The lowest BCUT2D eigenvalue weighted by Crippen LogP contribution is -1.94. The average molecular weight is 148 g/mol. The van der Waals surface area contributed by atoms with Gasteiger partial charge in [-0.15, -0.1) is 0 Å². The minimum Gasteiger partial charge on any atom is -0.398 e. The molecule has 0 fully saturated rings. The molecule has 0 aliphatic carbocycles. The Labute approximate surface area is 66.5 Å². The van der Waals surface area contributed by atoms with Crippen molar-refractivity contribution in [3.8, 4) is 0 Å². The Morgan fingerprint density at radius 1 is 1.18 bits per heavy atom. The van der Waals surface area contributed by atoms with Gasteiger partial charge in [0.05, 0.1) is 0 Å². The standard InChI is InChI=1S/C9H12N2/c1-2-4-7-8(10)5-3-6-9(7)11/h2-6H,10-11H2,1H3. The van der Waals surface area contributed by atoms with Crippen LogP contribution in [0, 0.1) is 0 Å². The molecule has 4 N–H and O–H groups in total. The molecule has 0 bridgehead atoms. The number of rotatable bonds is 1. The van der Waals surface area contributed by atoms with Gasteiger partial charge in [-0.1, -0.05) is 18.2 Å². The van der Waals surface area contributed by atoms with Crippen LogP contribution in [0.2, 0.25) is 0 Å². The monoisotopic (exact) mass is 148 g/mol. The van der Waals surface area contributed by atoms with Gasteiger partial charge >= 0.3 is 0 Å². The molecule has 1 rings (SSSR count). The minimum atomic E-state index is 0.725. The average Bonchev–Trinajstić information content (AvgIpc) is 1.97. The van der Waals surface area contributed by atoms with Crippen LogP contribution in [0.3, 0.4) is 0 Å². The summed E-state index contributed by atoms with van der Waals surface area (Å²) in [4.78, 5) is 0. The fourth-order valence-electron chi connectivity index (χ4n) is 0.961. The molecule has 2 nitrogen and oxygen atoms in total. The number of nitrogen functional groups attached to an aromatic ring is 2. The molecule has 0 spiro atoms. The number of benzene rings is 1. The quantitative estimate of drug-likeness (QED) is 0.597. The summed E-state index contributed by atoms with van der Waals surface area (Å²) in [6, 6.07) is 5.52. The van der Waals surface area contributed by atoms with Crippen LogP contribution < -0.4 is 11.5 Å². The van der Waals surface area contributed by atoms with E-state index < -0.39 is 0 Å². The largest absolute Gasteiger partial charge is 0.398 e. The maximum atomic E-state index is 5.68. The predicted molar refractivity (Wildman–Crippen MR) is 50.0 cm³/mol. The molecule has 11 heavy (non-hydrogen) atoms. The molecule has 58 valence electrons. The van der Waals surface area contributed by atoms with Crippen LogP contribution in [0.15, 0.2) is 24.3 Å². The molecule has 0 heterocycles. The van der Waals surface area contributed by atoms with E-state index in [-0.39, 0.29) is 0 Å². The number of hydrogen-bond acceptors (Lipinski definition) is 2. The van der Waals surface area contributed by atoms with Gasteiger partial charge in [0, 0.05) is 16.9 Å². The molecule has 0 saturated heterocycles. The number of anilines is 2. The van der Waals surface area contributed by atoms with E-state index in [2.05, 4.69) is 0 Å². The van der Waals surface area contributed by atoms with E-state index in [0.29, 0.717) is 0 Å². The van der Waals surface area contributed by atoms with Gasteiger partial charge in [0.2, 0.25) is 0 Å². The van der Waals surface area contributed by atoms with Crippen molar-refractivity contribution in [3.05, 3.63) is 29.8 Å². The van der Waals surface area contributed by atoms with Crippen LogP contribution in [-0.4, -0.2) is 0 Å². The van der Waals surface area contributed by atoms with Crippen molar-refractivity contribution in [2.75, 3.05) is 11.5 Å². The Bertz CT molecular complexity index is 257. The van der Waals surface area contributed by atoms with Crippen molar-refractivity contribution in [2.45, 2.75) is 6.92 Å². The third-order valence-electron chi connectivity index (χ3n) is 1.51. The molecule has 2 heteroatoms. The second-order valence-corrected chi connectivity index (χ2v) is 2.35. The van der Waals surface area contributed by atoms with Gasteiger partial charge in [-0.3, -0.25) is 0 Å². The van der Waals surface area contributed by atoms with Crippen molar-refractivity contribution in [1.29, 1.82) is 0 Å². The molecular weight excluding hydrogens is 136 g/mol. The normalized spacial score (nSPS) is 10.6. The van der Waals surface area contributed by atoms with Crippen molar-refractivity contribution in [1.82, 2.24) is 0 Å². The van der Waals surface area contributed by atoms with Gasteiger partial charge in [-0.05, 0) is 19.1 Å². The van der Waals surface area contributed by atoms with Gasteiger partial charge in [-0.25, -0.2) is 0 Å². The molecule has 0 saturated carbocycles. The molecule has 1 aromatic carbocycles. The first kappa shape index (κ1) is 7.66. The fourth-order valence-corrected chi connectivity index (χ4v) is 0.961. The Hall–Kier alpha value is -1.44. The maximum Gasteiger partial charge on any atom is 0.0408 e. The summed E-state index contributed by atoms with van der Waals surface area (Å²) in [5.41, 5.74) is 13.7. The third kappa shape index (κ3) is 1.52. The van der Waals surface area contributed by atoms with E-state index >= 15 is 0 Å². The molecule has 0 amide bonds. The topological polar surface area (TPSA) is 52.0 Å². The summed E-state index contributed by atoms with van der Waals surface area (Å²) in [7, 11) is 0. The molecule has 0 atom stereocenters. The zero-order chi connectivity index (χ0) is 8.27. The van der Waals surface area contributed by atoms with Gasteiger partial charge in [0.15, 0.2) is 0 Å². The molecule has 1 aromatic rings. The van der Waals surface area contributed by atoms with Crippen molar-refractivity contribution in [2.24, 2.45) is 0 Å². The third-order valence-corrected chi connectivity index (χ3v) is 1.51. The Balaban J connectivity index is 3.20. The molecular formula is C9H12N2. The summed E-state index contributed by atoms with van der Waals surface area (Å²) in [5, 5.41) is 0. The second kappa shape index (κ2) is 3.10. The number of nitrogens with two attached hydrogens (primary N) is 2. The smallest absolute Gasteiger partial charge is 0.0408 e. The molecule has 0 aromatic heterocycles. The first-order chi connectivity index (χ1) is 5.25. The van der Waals surface area contributed by atoms with Crippen molar-refractivity contribution in [3.63, 3.8) is 0 Å². The predicted octanol–water partition coefficient (Wildman–Crippen LogP) is 1.88. The summed E-state index contributed by atoms with van der Waals surface area (Å²) in [5.74, 6) is 0. The van der Waals surface area contributed by atoms with E-state index in [0.717, 1.165) is 16.9 Å². The lowest BCUT2D eigenvalue weighted by atomic mass is 10.1. The van der Waals surface area contributed by atoms with Gasteiger partial charge < -0.3 is 11.5 Å². The van der Waals surface area contributed by atoms with E-state index in [9.17, 15) is 0 Å². The summed E-state index contributed by atoms with van der Waals surface area (Å²) < 4.78 is 0. The zero-order valence-corrected chi connectivity index (χ0v) is 6.54. The second-order valence-electron chi connectivity index (χ2n) is 2.35. The summed E-state index contributed by atoms with van der Waals surface area (Å²) >= 11 is 0. The zero-order valence-electron chi connectivity index (χ0n) is 6.54. The highest BCUT2D eigenvalue weighted by Crippen LogP contribution is 2.20. The first-order valence-electron chi connectivity index (χ1n) is 3.52. The van der Waals surface area contributed by atoms with Crippen LogP contribution >= 0.6 is 0 Å². The highest BCUT2D eigenvalue weighted by molar-refractivity contribution is 5.75. The van der Waals surface area contributed by atoms with Crippen molar-refractivity contribution < 1.29 is 0 Å². The van der Waals surface area contributed by atoms with Gasteiger partial charge in [-0.2, -0.15) is 0 Å². The molecule has 0 unspecified atom stereocenters. The molecule has 0 aliphatic heterocycles. The Morgan fingerprint density at radius 2 is 1.73 bits per heavy atom. The Kier molecular flexibility index (Phi) is 2.16. The Morgan fingerprint density at radius 3 is 2.18 bits per heavy atom. The lowest BCUT2D eigenvalue weighted by molar-refractivity contribution is 1.61. The van der Waals surface area contributed by atoms with Crippen LogP contribution in [0.25, 0.3) is 6.08 Å². The summed E-state index contributed by atoms with van der Waals surface area (Å²) in [6.07, 6.45) is 3.83. The van der Waals surface area contributed by atoms with Crippen LogP contribution in [-0.2, 0) is 0 Å². The van der Waals surface area contributed by atoms with Crippen molar-refractivity contribution >= 4 is 17.5 Å². The van der Waals surface area contributed by atoms with Crippen LogP contribution in [0.4, 0.5) is 11.4 Å². The summed E-state index contributed by atoms with van der Waals surface area (Å²) in [6.45, 7) is 1.94.